The molecule has 4 nitrogen and oxygen atoms in total. The monoisotopic (exact) mass is 273 g/mol. The number of fused-ring (bicyclic) bond motifs is 2. The van der Waals surface area contributed by atoms with E-state index in [1.54, 1.807) is 0 Å². The molecule has 2 heterocycles. The maximum atomic E-state index is 6.06. The van der Waals surface area contributed by atoms with Crippen LogP contribution in [0.25, 0.3) is 11.0 Å². The molecule has 0 amide bonds. The van der Waals surface area contributed by atoms with Gasteiger partial charge in [0.2, 0.25) is 6.79 Å². The molecule has 1 aliphatic heterocycles. The van der Waals surface area contributed by atoms with Crippen LogP contribution in [0.2, 0.25) is 0 Å². The first-order valence-electron chi connectivity index (χ1n) is 7.42. The van der Waals surface area contributed by atoms with Crippen LogP contribution in [0.1, 0.15) is 37.5 Å². The van der Waals surface area contributed by atoms with Gasteiger partial charge in [0.25, 0.3) is 0 Å². The van der Waals surface area contributed by atoms with Gasteiger partial charge < -0.3 is 19.2 Å². The first-order valence-corrected chi connectivity index (χ1v) is 7.42. The van der Waals surface area contributed by atoms with E-state index in [0.29, 0.717) is 12.8 Å². The summed E-state index contributed by atoms with van der Waals surface area (Å²) in [5.41, 5.74) is 2.22. The zero-order valence-corrected chi connectivity index (χ0v) is 11.7. The van der Waals surface area contributed by atoms with Gasteiger partial charge in [-0.1, -0.05) is 13.3 Å². The molecular formula is C16H19NO3. The van der Waals surface area contributed by atoms with Crippen molar-refractivity contribution in [1.82, 2.24) is 5.32 Å². The average molecular weight is 273 g/mol. The molecule has 20 heavy (non-hydrogen) atoms. The number of hydrogen-bond acceptors (Lipinski definition) is 4. The number of rotatable bonds is 5. The van der Waals surface area contributed by atoms with Crippen LogP contribution >= 0.6 is 0 Å². The maximum Gasteiger partial charge on any atom is 0.231 e. The third kappa shape index (κ3) is 2.04. The van der Waals surface area contributed by atoms with Crippen LogP contribution in [0.4, 0.5) is 0 Å². The molecular weight excluding hydrogens is 254 g/mol. The van der Waals surface area contributed by atoms with E-state index in [1.807, 2.05) is 6.07 Å². The molecule has 106 valence electrons. The molecule has 0 bridgehead atoms. The van der Waals surface area contributed by atoms with Gasteiger partial charge in [-0.05, 0) is 25.3 Å². The van der Waals surface area contributed by atoms with E-state index < -0.39 is 0 Å². The zero-order valence-electron chi connectivity index (χ0n) is 11.7. The Morgan fingerprint density at radius 3 is 2.75 bits per heavy atom. The minimum atomic E-state index is 0.307. The molecule has 1 aliphatic carbocycles. The van der Waals surface area contributed by atoms with Crippen molar-refractivity contribution in [3.8, 4) is 11.5 Å². The molecule has 0 radical (unpaired) electrons. The summed E-state index contributed by atoms with van der Waals surface area (Å²) < 4.78 is 17.0. The van der Waals surface area contributed by atoms with E-state index in [9.17, 15) is 0 Å². The predicted octanol–water partition coefficient (Wildman–Crippen LogP) is 3.37. The maximum absolute atomic E-state index is 6.06. The van der Waals surface area contributed by atoms with Crippen molar-refractivity contribution in [1.29, 1.82) is 0 Å². The number of furan rings is 1. The minimum Gasteiger partial charge on any atom is -0.459 e. The molecule has 2 aliphatic rings. The topological polar surface area (TPSA) is 43.6 Å². The van der Waals surface area contributed by atoms with Crippen LogP contribution in [-0.2, 0) is 13.0 Å². The fraction of sp³-hybridized carbons (Fsp3) is 0.500. The quantitative estimate of drug-likeness (QED) is 0.907. The first kappa shape index (κ1) is 12.1. The minimum absolute atomic E-state index is 0.307. The van der Waals surface area contributed by atoms with Crippen molar-refractivity contribution < 1.29 is 13.9 Å². The lowest BCUT2D eigenvalue weighted by atomic mass is 10.1. The summed E-state index contributed by atoms with van der Waals surface area (Å²) in [6.07, 6.45) is 4.73. The lowest BCUT2D eigenvalue weighted by Crippen LogP contribution is -2.15. The van der Waals surface area contributed by atoms with E-state index in [2.05, 4.69) is 18.3 Å². The standard InChI is InChI=1S/C16H19NO3/c1-2-3-11-12-6-14-15(19-9-18-14)7-13(12)20-16(11)8-17-10-4-5-10/h6-7,10,17H,2-5,8-9H2,1H3. The van der Waals surface area contributed by atoms with Gasteiger partial charge in [-0.2, -0.15) is 0 Å². The highest BCUT2D eigenvalue weighted by Gasteiger charge is 2.23. The molecule has 1 aromatic heterocycles. The van der Waals surface area contributed by atoms with Crippen LogP contribution in [0.15, 0.2) is 16.5 Å². The second kappa shape index (κ2) is 4.70. The Labute approximate surface area is 118 Å². The molecule has 0 atom stereocenters. The Hall–Kier alpha value is -1.68. The molecule has 0 saturated heterocycles. The Morgan fingerprint density at radius 2 is 2.00 bits per heavy atom. The van der Waals surface area contributed by atoms with Gasteiger partial charge in [-0.15, -0.1) is 0 Å². The summed E-state index contributed by atoms with van der Waals surface area (Å²) in [5, 5.41) is 4.70. The van der Waals surface area contributed by atoms with Crippen molar-refractivity contribution in [3.05, 3.63) is 23.5 Å². The van der Waals surface area contributed by atoms with E-state index in [1.165, 1.54) is 23.8 Å². The van der Waals surface area contributed by atoms with Crippen LogP contribution in [0.5, 0.6) is 11.5 Å². The largest absolute Gasteiger partial charge is 0.459 e. The van der Waals surface area contributed by atoms with E-state index in [0.717, 1.165) is 42.2 Å². The zero-order chi connectivity index (χ0) is 13.5. The van der Waals surface area contributed by atoms with Crippen LogP contribution < -0.4 is 14.8 Å². The fourth-order valence-corrected chi connectivity index (χ4v) is 2.78. The number of hydrogen-bond donors (Lipinski definition) is 1. The number of nitrogens with one attached hydrogen (secondary N) is 1. The van der Waals surface area contributed by atoms with Crippen molar-refractivity contribution in [2.45, 2.75) is 45.2 Å². The third-order valence-corrected chi connectivity index (χ3v) is 4.00. The van der Waals surface area contributed by atoms with Crippen molar-refractivity contribution >= 4 is 11.0 Å². The summed E-state index contributed by atoms with van der Waals surface area (Å²) in [5.74, 6) is 2.69. The molecule has 1 N–H and O–H groups in total. The number of ether oxygens (including phenoxy) is 2. The van der Waals surface area contributed by atoms with E-state index in [-0.39, 0.29) is 0 Å². The number of benzene rings is 1. The Morgan fingerprint density at radius 1 is 1.20 bits per heavy atom. The second-order valence-corrected chi connectivity index (χ2v) is 5.61. The normalized spacial score (nSPS) is 17.1. The van der Waals surface area contributed by atoms with E-state index >= 15 is 0 Å². The van der Waals surface area contributed by atoms with Crippen LogP contribution in [-0.4, -0.2) is 12.8 Å². The number of aryl methyl sites for hydroxylation is 1. The molecule has 1 aromatic carbocycles. The molecule has 1 fully saturated rings. The van der Waals surface area contributed by atoms with Gasteiger partial charge in [0.05, 0.1) is 6.54 Å². The Bertz CT molecular complexity index is 643. The van der Waals surface area contributed by atoms with Crippen molar-refractivity contribution in [2.75, 3.05) is 6.79 Å². The predicted molar refractivity (Wildman–Crippen MR) is 76.2 cm³/mol. The summed E-state index contributed by atoms with van der Waals surface area (Å²) in [6, 6.07) is 4.71. The molecule has 4 rings (SSSR count). The molecule has 2 aromatic rings. The Kier molecular flexibility index (Phi) is 2.84. The highest BCUT2D eigenvalue weighted by Crippen LogP contribution is 2.39. The van der Waals surface area contributed by atoms with E-state index in [4.69, 9.17) is 13.9 Å². The summed E-state index contributed by atoms with van der Waals surface area (Å²) in [4.78, 5) is 0. The summed E-state index contributed by atoms with van der Waals surface area (Å²) in [7, 11) is 0. The van der Waals surface area contributed by atoms with Gasteiger partial charge in [-0.3, -0.25) is 0 Å². The van der Waals surface area contributed by atoms with Gasteiger partial charge in [0.15, 0.2) is 11.5 Å². The second-order valence-electron chi connectivity index (χ2n) is 5.61. The summed E-state index contributed by atoms with van der Waals surface area (Å²) >= 11 is 0. The molecule has 4 heteroatoms. The van der Waals surface area contributed by atoms with Crippen molar-refractivity contribution in [2.24, 2.45) is 0 Å². The lowest BCUT2D eigenvalue weighted by molar-refractivity contribution is 0.174. The van der Waals surface area contributed by atoms with Gasteiger partial charge in [0.1, 0.15) is 11.3 Å². The smallest absolute Gasteiger partial charge is 0.231 e. The highest BCUT2D eigenvalue weighted by molar-refractivity contribution is 5.86. The first-order chi connectivity index (χ1) is 9.85. The van der Waals surface area contributed by atoms with Gasteiger partial charge >= 0.3 is 0 Å². The highest BCUT2D eigenvalue weighted by atomic mass is 16.7. The van der Waals surface area contributed by atoms with Crippen LogP contribution in [0.3, 0.4) is 0 Å². The van der Waals surface area contributed by atoms with Gasteiger partial charge in [-0.25, -0.2) is 0 Å². The van der Waals surface area contributed by atoms with Crippen LogP contribution in [0, 0.1) is 0 Å². The average Bonchev–Trinajstić information content (AvgIpc) is 3.07. The lowest BCUT2D eigenvalue weighted by Gasteiger charge is -2.03. The SMILES string of the molecule is CCCc1c(CNC2CC2)oc2cc3c(cc12)OCO3. The third-order valence-electron chi connectivity index (χ3n) is 4.00. The molecule has 1 saturated carbocycles. The van der Waals surface area contributed by atoms with Gasteiger partial charge in [0, 0.05) is 23.1 Å². The molecule has 0 unspecified atom stereocenters. The Balaban J connectivity index is 1.74. The summed E-state index contributed by atoms with van der Waals surface area (Å²) in [6.45, 7) is 3.33. The van der Waals surface area contributed by atoms with Crippen molar-refractivity contribution in [3.63, 3.8) is 0 Å². The fourth-order valence-electron chi connectivity index (χ4n) is 2.78. The molecule has 0 spiro atoms.